The zero-order valence-electron chi connectivity index (χ0n) is 8.07. The second kappa shape index (κ2) is 3.24. The molecule has 0 aliphatic carbocycles. The van der Waals surface area contributed by atoms with Crippen molar-refractivity contribution in [3.8, 4) is 5.75 Å². The smallest absolute Gasteiger partial charge is 0.200 e. The highest BCUT2D eigenvalue weighted by molar-refractivity contribution is 5.97. The van der Waals surface area contributed by atoms with Gasteiger partial charge in [-0.15, -0.1) is 0 Å². The Labute approximate surface area is 85.2 Å². The number of benzene rings is 1. The monoisotopic (exact) mass is 203 g/mol. The minimum absolute atomic E-state index is 0.00806. The summed E-state index contributed by atoms with van der Waals surface area (Å²) in [5.41, 5.74) is 0.350. The average Bonchev–Trinajstić information content (AvgIpc) is 2.19. The molecule has 2 aromatic rings. The lowest BCUT2D eigenvalue weighted by Gasteiger charge is -2.00. The molecule has 0 bridgehead atoms. The Morgan fingerprint density at radius 3 is 2.80 bits per heavy atom. The van der Waals surface area contributed by atoms with Crippen molar-refractivity contribution in [1.82, 2.24) is 4.98 Å². The molecule has 1 aromatic carbocycles. The largest absolute Gasteiger partial charge is 0.508 e. The summed E-state index contributed by atoms with van der Waals surface area (Å²) >= 11 is 0. The Morgan fingerprint density at radius 1 is 1.40 bits per heavy atom. The van der Waals surface area contributed by atoms with E-state index < -0.39 is 0 Å². The summed E-state index contributed by atoms with van der Waals surface area (Å²) in [4.78, 5) is 25.7. The molecule has 0 fully saturated rings. The van der Waals surface area contributed by atoms with Crippen molar-refractivity contribution in [2.45, 2.75) is 6.92 Å². The molecule has 2 N–H and O–H groups in total. The Hall–Kier alpha value is -2.10. The normalized spacial score (nSPS) is 10.5. The van der Waals surface area contributed by atoms with E-state index >= 15 is 0 Å². The Kier molecular flexibility index (Phi) is 2.04. The van der Waals surface area contributed by atoms with Crippen LogP contribution in [0, 0.1) is 0 Å². The van der Waals surface area contributed by atoms with E-state index in [0.717, 1.165) is 0 Å². The van der Waals surface area contributed by atoms with Gasteiger partial charge < -0.3 is 10.1 Å². The van der Waals surface area contributed by atoms with Crippen LogP contribution in [0.1, 0.15) is 17.3 Å². The van der Waals surface area contributed by atoms with E-state index in [9.17, 15) is 14.7 Å². The summed E-state index contributed by atoms with van der Waals surface area (Å²) in [6.45, 7) is 1.33. The molecule has 15 heavy (non-hydrogen) atoms. The van der Waals surface area contributed by atoms with Gasteiger partial charge in [-0.3, -0.25) is 9.59 Å². The third kappa shape index (κ3) is 1.50. The maximum atomic E-state index is 11.8. The van der Waals surface area contributed by atoms with Gasteiger partial charge in [-0.1, -0.05) is 0 Å². The minimum atomic E-state index is -0.354. The molecule has 0 atom stereocenters. The number of Topliss-reactive ketones (excluding diaryl/α,β-unsaturated/α-hetero) is 1. The zero-order chi connectivity index (χ0) is 11.0. The number of phenolic OH excluding ortho intramolecular Hbond substituents is 1. The summed E-state index contributed by atoms with van der Waals surface area (Å²) < 4.78 is 0. The standard InChI is InChI=1S/C11H9NO3/c1-6(13)9-5-12-10-3-2-7(14)4-8(10)11(9)15/h2-5,14H,1H3,(H,12,15). The lowest BCUT2D eigenvalue weighted by Crippen LogP contribution is -2.13. The van der Waals surface area contributed by atoms with E-state index in [1.54, 1.807) is 6.07 Å². The quantitative estimate of drug-likeness (QED) is 0.689. The highest BCUT2D eigenvalue weighted by atomic mass is 16.3. The van der Waals surface area contributed by atoms with Crippen LogP contribution in [-0.2, 0) is 0 Å². The van der Waals surface area contributed by atoms with Gasteiger partial charge in [0.1, 0.15) is 5.75 Å². The Bertz CT molecular complexity index is 598. The van der Waals surface area contributed by atoms with Crippen LogP contribution < -0.4 is 5.43 Å². The van der Waals surface area contributed by atoms with E-state index in [-0.39, 0.29) is 22.5 Å². The first kappa shape index (κ1) is 9.45. The molecule has 0 saturated carbocycles. The molecule has 0 unspecified atom stereocenters. The van der Waals surface area contributed by atoms with Gasteiger partial charge in [-0.05, 0) is 25.1 Å². The number of aromatic hydroxyl groups is 1. The van der Waals surface area contributed by atoms with Gasteiger partial charge in [-0.25, -0.2) is 0 Å². The van der Waals surface area contributed by atoms with Crippen LogP contribution in [0.25, 0.3) is 10.9 Å². The summed E-state index contributed by atoms with van der Waals surface area (Å²) in [6.07, 6.45) is 1.39. The number of fused-ring (bicyclic) bond motifs is 1. The van der Waals surface area contributed by atoms with Crippen molar-refractivity contribution in [2.24, 2.45) is 0 Å². The van der Waals surface area contributed by atoms with Gasteiger partial charge in [0.2, 0.25) is 0 Å². The maximum Gasteiger partial charge on any atom is 0.200 e. The first-order valence-electron chi connectivity index (χ1n) is 4.45. The number of H-pyrrole nitrogens is 1. The number of carbonyl (C=O) groups excluding carboxylic acids is 1. The van der Waals surface area contributed by atoms with Gasteiger partial charge in [0, 0.05) is 17.1 Å². The van der Waals surface area contributed by atoms with Crippen LogP contribution in [0.5, 0.6) is 5.75 Å². The lowest BCUT2D eigenvalue weighted by molar-refractivity contribution is 0.101. The van der Waals surface area contributed by atoms with E-state index in [2.05, 4.69) is 4.98 Å². The van der Waals surface area contributed by atoms with Gasteiger partial charge in [0.05, 0.1) is 5.56 Å². The number of aromatic amines is 1. The van der Waals surface area contributed by atoms with Crippen LogP contribution in [-0.4, -0.2) is 15.9 Å². The van der Waals surface area contributed by atoms with Gasteiger partial charge in [0.25, 0.3) is 0 Å². The summed E-state index contributed by atoms with van der Waals surface area (Å²) in [6, 6.07) is 4.42. The van der Waals surface area contributed by atoms with Crippen LogP contribution in [0.4, 0.5) is 0 Å². The summed E-state index contributed by atoms with van der Waals surface area (Å²) in [5.74, 6) is -0.282. The highest BCUT2D eigenvalue weighted by Crippen LogP contribution is 2.15. The maximum absolute atomic E-state index is 11.8. The van der Waals surface area contributed by atoms with Crippen molar-refractivity contribution in [3.63, 3.8) is 0 Å². The fraction of sp³-hybridized carbons (Fsp3) is 0.0909. The van der Waals surface area contributed by atoms with Crippen LogP contribution >= 0.6 is 0 Å². The first-order chi connectivity index (χ1) is 7.09. The zero-order valence-corrected chi connectivity index (χ0v) is 8.07. The van der Waals surface area contributed by atoms with Crippen LogP contribution in [0.2, 0.25) is 0 Å². The predicted octanol–water partition coefficient (Wildman–Crippen LogP) is 1.44. The fourth-order valence-corrected chi connectivity index (χ4v) is 1.47. The van der Waals surface area contributed by atoms with Crippen molar-refractivity contribution in [1.29, 1.82) is 0 Å². The molecular weight excluding hydrogens is 194 g/mol. The molecule has 1 aromatic heterocycles. The Morgan fingerprint density at radius 2 is 2.13 bits per heavy atom. The summed E-state index contributed by atoms with van der Waals surface area (Å²) in [5, 5.41) is 9.57. The number of ketones is 1. The predicted molar refractivity (Wildman–Crippen MR) is 56.2 cm³/mol. The average molecular weight is 203 g/mol. The minimum Gasteiger partial charge on any atom is -0.508 e. The molecule has 1 heterocycles. The van der Waals surface area contributed by atoms with Crippen molar-refractivity contribution in [3.05, 3.63) is 40.2 Å². The van der Waals surface area contributed by atoms with E-state index in [0.29, 0.717) is 10.9 Å². The molecule has 4 nitrogen and oxygen atoms in total. The Balaban J connectivity index is 2.89. The number of rotatable bonds is 1. The van der Waals surface area contributed by atoms with E-state index in [1.165, 1.54) is 25.3 Å². The molecule has 0 aliphatic rings. The number of nitrogens with one attached hydrogen (secondary N) is 1. The van der Waals surface area contributed by atoms with Crippen molar-refractivity contribution in [2.75, 3.05) is 0 Å². The summed E-state index contributed by atoms with van der Waals surface area (Å²) in [7, 11) is 0. The van der Waals surface area contributed by atoms with Crippen molar-refractivity contribution >= 4 is 16.7 Å². The SMILES string of the molecule is CC(=O)c1c[nH]c2ccc(O)cc2c1=O. The van der Waals surface area contributed by atoms with Crippen LogP contribution in [0.3, 0.4) is 0 Å². The third-order valence-corrected chi connectivity index (χ3v) is 2.24. The molecule has 0 spiro atoms. The molecular formula is C11H9NO3. The molecule has 0 saturated heterocycles. The number of phenols is 1. The van der Waals surface area contributed by atoms with Gasteiger partial charge in [0.15, 0.2) is 11.2 Å². The van der Waals surface area contributed by atoms with E-state index in [1.807, 2.05) is 0 Å². The first-order valence-corrected chi connectivity index (χ1v) is 4.45. The number of carbonyl (C=O) groups is 1. The second-order valence-electron chi connectivity index (χ2n) is 3.32. The van der Waals surface area contributed by atoms with E-state index in [4.69, 9.17) is 0 Å². The number of pyridine rings is 1. The molecule has 2 rings (SSSR count). The molecule has 0 aliphatic heterocycles. The number of aromatic nitrogens is 1. The second-order valence-corrected chi connectivity index (χ2v) is 3.32. The fourth-order valence-electron chi connectivity index (χ4n) is 1.47. The highest BCUT2D eigenvalue weighted by Gasteiger charge is 2.08. The van der Waals surface area contributed by atoms with Gasteiger partial charge >= 0.3 is 0 Å². The lowest BCUT2D eigenvalue weighted by atomic mass is 10.1. The molecule has 0 amide bonds. The molecule has 4 heteroatoms. The van der Waals surface area contributed by atoms with Gasteiger partial charge in [-0.2, -0.15) is 0 Å². The third-order valence-electron chi connectivity index (χ3n) is 2.24. The van der Waals surface area contributed by atoms with Crippen molar-refractivity contribution < 1.29 is 9.90 Å². The molecule has 0 radical (unpaired) electrons. The van der Waals surface area contributed by atoms with Crippen LogP contribution in [0.15, 0.2) is 29.2 Å². The number of hydrogen-bond donors (Lipinski definition) is 2. The number of hydrogen-bond acceptors (Lipinski definition) is 3. The topological polar surface area (TPSA) is 70.2 Å². The molecule has 76 valence electrons.